The summed E-state index contributed by atoms with van der Waals surface area (Å²) in [5.74, 6) is -0.285. The maximum Gasteiger partial charge on any atom is 0.251 e. The Balaban J connectivity index is 2.67. The average Bonchev–Trinajstić information content (AvgIpc) is 2.26. The molecule has 4 heteroatoms. The summed E-state index contributed by atoms with van der Waals surface area (Å²) in [6.45, 7) is 3.29. The molecule has 0 aromatic heterocycles. The van der Waals surface area contributed by atoms with E-state index in [4.69, 9.17) is 5.11 Å². The summed E-state index contributed by atoms with van der Waals surface area (Å²) >= 11 is 0. The Morgan fingerprint density at radius 3 is 2.19 bits per heavy atom. The van der Waals surface area contributed by atoms with E-state index in [0.29, 0.717) is 11.1 Å². The van der Waals surface area contributed by atoms with Gasteiger partial charge in [0, 0.05) is 17.7 Å². The van der Waals surface area contributed by atoms with Crippen molar-refractivity contribution in [1.29, 1.82) is 0 Å². The lowest BCUT2D eigenvalue weighted by molar-refractivity contribution is 0.0923. The lowest BCUT2D eigenvalue weighted by atomic mass is 10.1. The van der Waals surface area contributed by atoms with Crippen molar-refractivity contribution in [2.24, 2.45) is 0 Å². The van der Waals surface area contributed by atoms with Gasteiger partial charge >= 0.3 is 0 Å². The number of aliphatic hydroxyl groups excluding tert-OH is 1. The number of carbonyl (C=O) groups excluding carboxylic acids is 2. The fourth-order valence-electron chi connectivity index (χ4n) is 1.20. The van der Waals surface area contributed by atoms with Gasteiger partial charge < -0.3 is 10.4 Å². The zero-order chi connectivity index (χ0) is 12.1. The second kappa shape index (κ2) is 5.42. The van der Waals surface area contributed by atoms with Crippen molar-refractivity contribution in [1.82, 2.24) is 5.32 Å². The monoisotopic (exact) mass is 221 g/mol. The van der Waals surface area contributed by atoms with E-state index in [0.717, 1.165) is 0 Å². The minimum atomic E-state index is -0.569. The minimum absolute atomic E-state index is 0.0315. The van der Waals surface area contributed by atoms with Gasteiger partial charge in [0.25, 0.3) is 5.91 Å². The highest BCUT2D eigenvalue weighted by molar-refractivity contribution is 5.97. The fraction of sp³-hybridized carbons (Fsp3) is 0.333. The highest BCUT2D eigenvalue weighted by Gasteiger charge is 2.06. The minimum Gasteiger partial charge on any atom is -0.392 e. The third kappa shape index (κ3) is 3.47. The van der Waals surface area contributed by atoms with E-state index in [2.05, 4.69) is 5.32 Å². The van der Waals surface area contributed by atoms with Crippen LogP contribution in [-0.4, -0.2) is 29.4 Å². The van der Waals surface area contributed by atoms with Gasteiger partial charge in [0.2, 0.25) is 0 Å². The Morgan fingerprint density at radius 1 is 1.25 bits per heavy atom. The van der Waals surface area contributed by atoms with Gasteiger partial charge in [0.1, 0.15) is 0 Å². The van der Waals surface area contributed by atoms with Crippen molar-refractivity contribution in [3.8, 4) is 0 Å². The van der Waals surface area contributed by atoms with Crippen LogP contribution < -0.4 is 5.32 Å². The molecule has 0 aliphatic rings. The summed E-state index contributed by atoms with van der Waals surface area (Å²) in [6, 6.07) is 6.40. The largest absolute Gasteiger partial charge is 0.392 e. The van der Waals surface area contributed by atoms with Gasteiger partial charge in [-0.15, -0.1) is 0 Å². The normalized spacial score (nSPS) is 11.9. The van der Waals surface area contributed by atoms with Crippen LogP contribution in [0.2, 0.25) is 0 Å². The van der Waals surface area contributed by atoms with Crippen molar-refractivity contribution in [3.63, 3.8) is 0 Å². The fourth-order valence-corrected chi connectivity index (χ4v) is 1.20. The van der Waals surface area contributed by atoms with E-state index in [-0.39, 0.29) is 18.2 Å². The second-order valence-electron chi connectivity index (χ2n) is 3.69. The number of benzene rings is 1. The maximum absolute atomic E-state index is 11.5. The topological polar surface area (TPSA) is 66.4 Å². The first kappa shape index (κ1) is 12.4. The summed E-state index contributed by atoms with van der Waals surface area (Å²) in [6.07, 6.45) is -0.569. The molecule has 1 aromatic rings. The smallest absolute Gasteiger partial charge is 0.251 e. The van der Waals surface area contributed by atoms with E-state index in [1.807, 2.05) is 0 Å². The van der Waals surface area contributed by atoms with Crippen LogP contribution in [0.1, 0.15) is 34.6 Å². The van der Waals surface area contributed by atoms with Crippen LogP contribution >= 0.6 is 0 Å². The molecular formula is C12H15NO3. The van der Waals surface area contributed by atoms with Crippen molar-refractivity contribution in [2.45, 2.75) is 20.0 Å². The van der Waals surface area contributed by atoms with Gasteiger partial charge in [-0.25, -0.2) is 0 Å². The first-order valence-electron chi connectivity index (χ1n) is 5.08. The maximum atomic E-state index is 11.5. The summed E-state index contributed by atoms with van der Waals surface area (Å²) in [5, 5.41) is 11.6. The van der Waals surface area contributed by atoms with Crippen LogP contribution in [0.3, 0.4) is 0 Å². The number of Topliss-reactive ketones (excluding diaryl/α,β-unsaturated/α-hetero) is 1. The van der Waals surface area contributed by atoms with E-state index in [1.54, 1.807) is 31.2 Å². The highest BCUT2D eigenvalue weighted by atomic mass is 16.3. The molecule has 0 saturated heterocycles. The van der Waals surface area contributed by atoms with Crippen molar-refractivity contribution < 1.29 is 14.7 Å². The molecule has 0 saturated carbocycles. The van der Waals surface area contributed by atoms with Crippen LogP contribution in [0.5, 0.6) is 0 Å². The van der Waals surface area contributed by atoms with Crippen LogP contribution in [0, 0.1) is 0 Å². The zero-order valence-electron chi connectivity index (χ0n) is 9.36. The molecule has 0 heterocycles. The summed E-state index contributed by atoms with van der Waals surface area (Å²) in [5.41, 5.74) is 1.05. The molecule has 0 fully saturated rings. The molecule has 1 aromatic carbocycles. The quantitative estimate of drug-likeness (QED) is 0.745. The first-order chi connectivity index (χ1) is 7.50. The van der Waals surface area contributed by atoms with Gasteiger partial charge in [-0.1, -0.05) is 12.1 Å². The SMILES string of the molecule is CC(=O)c1ccc(C(=O)NCC(C)O)cc1. The Hall–Kier alpha value is -1.68. The van der Waals surface area contributed by atoms with E-state index in [1.165, 1.54) is 6.92 Å². The van der Waals surface area contributed by atoms with Gasteiger partial charge in [-0.2, -0.15) is 0 Å². The van der Waals surface area contributed by atoms with Crippen molar-refractivity contribution in [2.75, 3.05) is 6.54 Å². The van der Waals surface area contributed by atoms with E-state index >= 15 is 0 Å². The predicted octanol–water partition coefficient (Wildman–Crippen LogP) is 1.000. The molecule has 4 nitrogen and oxygen atoms in total. The van der Waals surface area contributed by atoms with Crippen LogP contribution in [0.4, 0.5) is 0 Å². The number of ketones is 1. The molecule has 16 heavy (non-hydrogen) atoms. The Morgan fingerprint density at radius 2 is 1.75 bits per heavy atom. The Labute approximate surface area is 94.3 Å². The van der Waals surface area contributed by atoms with Crippen LogP contribution in [0.15, 0.2) is 24.3 Å². The molecule has 0 bridgehead atoms. The van der Waals surface area contributed by atoms with Crippen LogP contribution in [0.25, 0.3) is 0 Å². The molecule has 1 atom stereocenters. The second-order valence-corrected chi connectivity index (χ2v) is 3.69. The van der Waals surface area contributed by atoms with Crippen LogP contribution in [-0.2, 0) is 0 Å². The zero-order valence-corrected chi connectivity index (χ0v) is 9.36. The molecule has 0 radical (unpaired) electrons. The summed E-state index contributed by atoms with van der Waals surface area (Å²) in [7, 11) is 0. The molecule has 2 N–H and O–H groups in total. The molecular weight excluding hydrogens is 206 g/mol. The first-order valence-corrected chi connectivity index (χ1v) is 5.08. The van der Waals surface area contributed by atoms with Crippen molar-refractivity contribution in [3.05, 3.63) is 35.4 Å². The highest BCUT2D eigenvalue weighted by Crippen LogP contribution is 2.05. The number of nitrogens with one attached hydrogen (secondary N) is 1. The summed E-state index contributed by atoms with van der Waals surface area (Å²) in [4.78, 5) is 22.5. The Kier molecular flexibility index (Phi) is 4.19. The molecule has 0 aliphatic carbocycles. The number of amides is 1. The number of rotatable bonds is 4. The lowest BCUT2D eigenvalue weighted by Gasteiger charge is -2.07. The molecule has 1 amide bonds. The van der Waals surface area contributed by atoms with Gasteiger partial charge in [0.15, 0.2) is 5.78 Å². The van der Waals surface area contributed by atoms with Gasteiger partial charge in [0.05, 0.1) is 6.10 Å². The van der Waals surface area contributed by atoms with Gasteiger partial charge in [-0.3, -0.25) is 9.59 Å². The molecule has 86 valence electrons. The molecule has 1 unspecified atom stereocenters. The third-order valence-corrected chi connectivity index (χ3v) is 2.11. The number of hydrogen-bond acceptors (Lipinski definition) is 3. The lowest BCUT2D eigenvalue weighted by Crippen LogP contribution is -2.30. The Bertz CT molecular complexity index is 382. The number of hydrogen-bond donors (Lipinski definition) is 2. The van der Waals surface area contributed by atoms with E-state index < -0.39 is 6.10 Å². The molecule has 0 aliphatic heterocycles. The molecule has 1 rings (SSSR count). The number of aliphatic hydroxyl groups is 1. The molecule has 0 spiro atoms. The summed E-state index contributed by atoms with van der Waals surface area (Å²) < 4.78 is 0. The average molecular weight is 221 g/mol. The van der Waals surface area contributed by atoms with Crippen molar-refractivity contribution >= 4 is 11.7 Å². The van der Waals surface area contributed by atoms with E-state index in [9.17, 15) is 9.59 Å². The third-order valence-electron chi connectivity index (χ3n) is 2.11. The van der Waals surface area contributed by atoms with Gasteiger partial charge in [-0.05, 0) is 26.0 Å². The standard InChI is InChI=1S/C12H15NO3/c1-8(14)7-13-12(16)11-5-3-10(4-6-11)9(2)15/h3-6,8,14H,7H2,1-2H3,(H,13,16). The number of carbonyl (C=O) groups is 2. The predicted molar refractivity (Wildman–Crippen MR) is 60.5 cm³/mol.